The molecule has 102 valence electrons. The molecule has 0 spiro atoms. The normalized spacial score (nSPS) is 29.5. The molecule has 3 heteroatoms. The SMILES string of the molecule is CC(C)(C)C1CCC(O)C(Cc2ccc(Cl)s2)C1. The van der Waals surface area contributed by atoms with E-state index >= 15 is 0 Å². The monoisotopic (exact) mass is 286 g/mol. The van der Waals surface area contributed by atoms with Gasteiger partial charge < -0.3 is 5.11 Å². The molecule has 1 heterocycles. The summed E-state index contributed by atoms with van der Waals surface area (Å²) in [6, 6.07) is 4.05. The molecule has 3 atom stereocenters. The fourth-order valence-corrected chi connectivity index (χ4v) is 4.15. The molecular weight excluding hydrogens is 264 g/mol. The molecule has 18 heavy (non-hydrogen) atoms. The molecule has 3 unspecified atom stereocenters. The van der Waals surface area contributed by atoms with Crippen LogP contribution < -0.4 is 0 Å². The highest BCUT2D eigenvalue weighted by molar-refractivity contribution is 7.16. The summed E-state index contributed by atoms with van der Waals surface area (Å²) < 4.78 is 0.850. The van der Waals surface area contributed by atoms with Crippen molar-refractivity contribution < 1.29 is 5.11 Å². The number of rotatable bonds is 2. The molecule has 0 radical (unpaired) electrons. The van der Waals surface area contributed by atoms with Crippen LogP contribution in [0, 0.1) is 17.3 Å². The number of hydrogen-bond acceptors (Lipinski definition) is 2. The Balaban J connectivity index is 2.02. The third-order valence-electron chi connectivity index (χ3n) is 4.26. The largest absolute Gasteiger partial charge is 0.393 e. The molecule has 1 fully saturated rings. The maximum atomic E-state index is 10.2. The standard InChI is InChI=1S/C15H23ClOS/c1-15(2,3)11-4-6-13(17)10(8-11)9-12-5-7-14(16)18-12/h5,7,10-11,13,17H,4,6,8-9H2,1-3H3. The van der Waals surface area contributed by atoms with E-state index in [1.807, 2.05) is 6.07 Å². The second-order valence-electron chi connectivity index (χ2n) is 6.61. The van der Waals surface area contributed by atoms with Crippen LogP contribution in [0.25, 0.3) is 0 Å². The molecule has 1 aromatic heterocycles. The van der Waals surface area contributed by atoms with Gasteiger partial charge in [-0.3, -0.25) is 0 Å². The highest BCUT2D eigenvalue weighted by atomic mass is 35.5. The van der Waals surface area contributed by atoms with E-state index in [2.05, 4.69) is 26.8 Å². The Labute approximate surface area is 119 Å². The van der Waals surface area contributed by atoms with Crippen molar-refractivity contribution >= 4 is 22.9 Å². The number of thiophene rings is 1. The lowest BCUT2D eigenvalue weighted by molar-refractivity contribution is 0.0199. The van der Waals surface area contributed by atoms with Crippen LogP contribution in [0.15, 0.2) is 12.1 Å². The zero-order valence-corrected chi connectivity index (χ0v) is 13.0. The molecule has 1 aromatic rings. The van der Waals surface area contributed by atoms with Crippen LogP contribution in [0.5, 0.6) is 0 Å². The molecule has 1 nitrogen and oxygen atoms in total. The zero-order valence-electron chi connectivity index (χ0n) is 11.4. The van der Waals surface area contributed by atoms with E-state index in [0.717, 1.165) is 35.9 Å². The van der Waals surface area contributed by atoms with Crippen LogP contribution in [0.3, 0.4) is 0 Å². The topological polar surface area (TPSA) is 20.2 Å². The lowest BCUT2D eigenvalue weighted by Crippen LogP contribution is -2.35. The van der Waals surface area contributed by atoms with Gasteiger partial charge in [-0.25, -0.2) is 0 Å². The Bertz CT molecular complexity index is 393. The van der Waals surface area contributed by atoms with Crippen LogP contribution in [-0.2, 0) is 6.42 Å². The highest BCUT2D eigenvalue weighted by Crippen LogP contribution is 2.41. The Morgan fingerprint density at radius 2 is 2.06 bits per heavy atom. The van der Waals surface area contributed by atoms with E-state index in [1.54, 1.807) is 11.3 Å². The fraction of sp³-hybridized carbons (Fsp3) is 0.733. The molecule has 1 aliphatic carbocycles. The van der Waals surface area contributed by atoms with Crippen LogP contribution >= 0.6 is 22.9 Å². The summed E-state index contributed by atoms with van der Waals surface area (Å²) in [4.78, 5) is 1.30. The maximum Gasteiger partial charge on any atom is 0.0931 e. The Hall–Kier alpha value is -0.0500. The van der Waals surface area contributed by atoms with Gasteiger partial charge in [0.05, 0.1) is 10.4 Å². The first-order chi connectivity index (χ1) is 8.36. The van der Waals surface area contributed by atoms with Gasteiger partial charge in [0.1, 0.15) is 0 Å². The summed E-state index contributed by atoms with van der Waals surface area (Å²) >= 11 is 7.62. The van der Waals surface area contributed by atoms with Gasteiger partial charge in [-0.05, 0) is 55.1 Å². The summed E-state index contributed by atoms with van der Waals surface area (Å²) in [6.45, 7) is 6.94. The molecule has 0 saturated heterocycles. The van der Waals surface area contributed by atoms with Gasteiger partial charge in [-0.15, -0.1) is 11.3 Å². The van der Waals surface area contributed by atoms with E-state index in [-0.39, 0.29) is 6.10 Å². The summed E-state index contributed by atoms with van der Waals surface area (Å²) in [7, 11) is 0. The molecule has 0 aromatic carbocycles. The van der Waals surface area contributed by atoms with Gasteiger partial charge in [0, 0.05) is 4.88 Å². The van der Waals surface area contributed by atoms with E-state index < -0.39 is 0 Å². The smallest absolute Gasteiger partial charge is 0.0931 e. The molecule has 0 amide bonds. The fourth-order valence-electron chi connectivity index (χ4n) is 2.97. The molecule has 0 aliphatic heterocycles. The number of halogens is 1. The average Bonchev–Trinajstić information content (AvgIpc) is 2.66. The first-order valence-electron chi connectivity index (χ1n) is 6.78. The minimum absolute atomic E-state index is 0.135. The molecule has 1 saturated carbocycles. The van der Waals surface area contributed by atoms with Gasteiger partial charge in [0.2, 0.25) is 0 Å². The van der Waals surface area contributed by atoms with Crippen molar-refractivity contribution in [3.63, 3.8) is 0 Å². The van der Waals surface area contributed by atoms with Crippen molar-refractivity contribution in [1.82, 2.24) is 0 Å². The Morgan fingerprint density at radius 3 is 2.61 bits per heavy atom. The quantitative estimate of drug-likeness (QED) is 0.830. The Kier molecular flexibility index (Phi) is 4.40. The Morgan fingerprint density at radius 1 is 1.33 bits per heavy atom. The predicted octanol–water partition coefficient (Wildman–Crippen LogP) is 4.77. The third-order valence-corrected chi connectivity index (χ3v) is 5.51. The van der Waals surface area contributed by atoms with Crippen molar-refractivity contribution in [2.45, 2.75) is 52.6 Å². The van der Waals surface area contributed by atoms with Crippen molar-refractivity contribution in [3.05, 3.63) is 21.3 Å². The number of aliphatic hydroxyl groups is 1. The van der Waals surface area contributed by atoms with Crippen molar-refractivity contribution in [1.29, 1.82) is 0 Å². The molecular formula is C15H23ClOS. The van der Waals surface area contributed by atoms with Crippen molar-refractivity contribution in [3.8, 4) is 0 Å². The minimum atomic E-state index is -0.135. The first-order valence-corrected chi connectivity index (χ1v) is 7.98. The van der Waals surface area contributed by atoms with E-state index in [4.69, 9.17) is 11.6 Å². The van der Waals surface area contributed by atoms with Crippen LogP contribution in [0.1, 0.15) is 44.9 Å². The van der Waals surface area contributed by atoms with Crippen LogP contribution in [0.2, 0.25) is 4.34 Å². The second kappa shape index (κ2) is 5.52. The van der Waals surface area contributed by atoms with Gasteiger partial charge in [0.15, 0.2) is 0 Å². The highest BCUT2D eigenvalue weighted by Gasteiger charge is 2.35. The second-order valence-corrected chi connectivity index (χ2v) is 8.41. The van der Waals surface area contributed by atoms with Gasteiger partial charge in [-0.2, -0.15) is 0 Å². The number of aliphatic hydroxyl groups excluding tert-OH is 1. The third kappa shape index (κ3) is 3.49. The molecule has 0 bridgehead atoms. The van der Waals surface area contributed by atoms with Crippen LogP contribution in [-0.4, -0.2) is 11.2 Å². The summed E-state index contributed by atoms with van der Waals surface area (Å²) in [5, 5.41) is 10.2. The van der Waals surface area contributed by atoms with Crippen LogP contribution in [0.4, 0.5) is 0 Å². The zero-order chi connectivity index (χ0) is 13.3. The molecule has 1 N–H and O–H groups in total. The van der Waals surface area contributed by atoms with E-state index in [9.17, 15) is 5.11 Å². The number of hydrogen-bond donors (Lipinski definition) is 1. The van der Waals surface area contributed by atoms with Crippen molar-refractivity contribution in [2.75, 3.05) is 0 Å². The molecule has 2 rings (SSSR count). The van der Waals surface area contributed by atoms with E-state index in [1.165, 1.54) is 4.88 Å². The van der Waals surface area contributed by atoms with Gasteiger partial charge in [-0.1, -0.05) is 32.4 Å². The van der Waals surface area contributed by atoms with Gasteiger partial charge >= 0.3 is 0 Å². The lowest BCUT2D eigenvalue weighted by atomic mass is 9.67. The minimum Gasteiger partial charge on any atom is -0.393 e. The molecule has 1 aliphatic rings. The van der Waals surface area contributed by atoms with E-state index in [0.29, 0.717) is 11.3 Å². The van der Waals surface area contributed by atoms with Crippen molar-refractivity contribution in [2.24, 2.45) is 17.3 Å². The van der Waals surface area contributed by atoms with Gasteiger partial charge in [0.25, 0.3) is 0 Å². The summed E-state index contributed by atoms with van der Waals surface area (Å²) in [5.74, 6) is 1.12. The first kappa shape index (κ1) is 14.4. The summed E-state index contributed by atoms with van der Waals surface area (Å²) in [5.41, 5.74) is 0.353. The summed E-state index contributed by atoms with van der Waals surface area (Å²) in [6.07, 6.45) is 4.09. The maximum absolute atomic E-state index is 10.2. The predicted molar refractivity (Wildman–Crippen MR) is 79.3 cm³/mol. The average molecular weight is 287 g/mol. The lowest BCUT2D eigenvalue weighted by Gasteiger charge is -2.40.